The Morgan fingerprint density at radius 3 is 3.09 bits per heavy atom. The lowest BCUT2D eigenvalue weighted by molar-refractivity contribution is 0.312. The predicted octanol–water partition coefficient (Wildman–Crippen LogP) is 2.93. The minimum atomic E-state index is 0.393. The predicted molar refractivity (Wildman–Crippen MR) is 85.7 cm³/mol. The van der Waals surface area contributed by atoms with E-state index in [1.54, 1.807) is 12.7 Å². The Morgan fingerprint density at radius 2 is 2.23 bits per heavy atom. The molecule has 0 saturated carbocycles. The van der Waals surface area contributed by atoms with E-state index in [1.807, 2.05) is 29.1 Å². The van der Waals surface area contributed by atoms with Crippen molar-refractivity contribution in [3.8, 4) is 0 Å². The van der Waals surface area contributed by atoms with Crippen LogP contribution >= 0.6 is 11.6 Å². The van der Waals surface area contributed by atoms with Crippen LogP contribution in [0.25, 0.3) is 10.9 Å². The molecule has 4 rings (SSSR count). The zero-order valence-corrected chi connectivity index (χ0v) is 12.8. The summed E-state index contributed by atoms with van der Waals surface area (Å²) in [7, 11) is 0. The smallest absolute Gasteiger partial charge is 0.137 e. The number of likely N-dealkylation sites (tertiary alicyclic amines) is 1. The highest BCUT2D eigenvalue weighted by molar-refractivity contribution is 6.32. The number of halogens is 1. The summed E-state index contributed by atoms with van der Waals surface area (Å²) in [5.74, 6) is 0. The van der Waals surface area contributed by atoms with Gasteiger partial charge < -0.3 is 0 Å². The van der Waals surface area contributed by atoms with Gasteiger partial charge in [0.05, 0.1) is 11.6 Å². The molecule has 0 radical (unpaired) electrons. The SMILES string of the molecule is Clc1ccc2cccnc2c1CN1CCC(n2cncn2)C1. The van der Waals surface area contributed by atoms with E-state index in [0.717, 1.165) is 47.5 Å². The number of fused-ring (bicyclic) bond motifs is 1. The largest absolute Gasteiger partial charge is 0.297 e. The summed E-state index contributed by atoms with van der Waals surface area (Å²) < 4.78 is 1.95. The second-order valence-corrected chi connectivity index (χ2v) is 6.06. The minimum Gasteiger partial charge on any atom is -0.297 e. The van der Waals surface area contributed by atoms with Gasteiger partial charge in [-0.05, 0) is 18.6 Å². The normalized spacial score (nSPS) is 19.0. The first-order valence-electron chi connectivity index (χ1n) is 7.40. The van der Waals surface area contributed by atoms with Crippen LogP contribution in [0.4, 0.5) is 0 Å². The third-order valence-electron chi connectivity index (χ3n) is 4.26. The van der Waals surface area contributed by atoms with Crippen LogP contribution < -0.4 is 0 Å². The molecular formula is C16H16ClN5. The first kappa shape index (κ1) is 13.7. The van der Waals surface area contributed by atoms with Gasteiger partial charge in [0.15, 0.2) is 0 Å². The second-order valence-electron chi connectivity index (χ2n) is 5.65. The van der Waals surface area contributed by atoms with E-state index < -0.39 is 0 Å². The van der Waals surface area contributed by atoms with Crippen molar-refractivity contribution < 1.29 is 0 Å². The molecule has 5 nitrogen and oxygen atoms in total. The quantitative estimate of drug-likeness (QED) is 0.746. The summed E-state index contributed by atoms with van der Waals surface area (Å²) >= 11 is 6.42. The molecule has 0 bridgehead atoms. The number of benzene rings is 1. The minimum absolute atomic E-state index is 0.393. The van der Waals surface area contributed by atoms with Gasteiger partial charge in [-0.3, -0.25) is 9.88 Å². The molecule has 1 unspecified atom stereocenters. The van der Waals surface area contributed by atoms with Crippen molar-refractivity contribution in [2.75, 3.05) is 13.1 Å². The van der Waals surface area contributed by atoms with Crippen LogP contribution in [-0.4, -0.2) is 37.7 Å². The van der Waals surface area contributed by atoms with Crippen LogP contribution in [0.15, 0.2) is 43.1 Å². The number of rotatable bonds is 3. The zero-order valence-electron chi connectivity index (χ0n) is 12.1. The number of pyridine rings is 1. The van der Waals surface area contributed by atoms with Crippen molar-refractivity contribution >= 4 is 22.5 Å². The average molecular weight is 314 g/mol. The number of hydrogen-bond donors (Lipinski definition) is 0. The molecule has 6 heteroatoms. The Balaban J connectivity index is 1.58. The first-order chi connectivity index (χ1) is 10.8. The van der Waals surface area contributed by atoms with E-state index in [0.29, 0.717) is 6.04 Å². The second kappa shape index (κ2) is 5.66. The fourth-order valence-electron chi connectivity index (χ4n) is 3.13. The number of aromatic nitrogens is 4. The van der Waals surface area contributed by atoms with Crippen LogP contribution in [0, 0.1) is 0 Å². The molecule has 3 aromatic rings. The van der Waals surface area contributed by atoms with E-state index in [4.69, 9.17) is 11.6 Å². The Bertz CT molecular complexity index is 786. The van der Waals surface area contributed by atoms with Gasteiger partial charge in [-0.25, -0.2) is 9.67 Å². The molecule has 22 heavy (non-hydrogen) atoms. The number of hydrogen-bond acceptors (Lipinski definition) is 4. The van der Waals surface area contributed by atoms with Gasteiger partial charge in [0.1, 0.15) is 12.7 Å². The molecule has 0 amide bonds. The van der Waals surface area contributed by atoms with Crippen molar-refractivity contribution in [3.63, 3.8) is 0 Å². The van der Waals surface area contributed by atoms with Gasteiger partial charge in [-0.15, -0.1) is 0 Å². The molecular weight excluding hydrogens is 298 g/mol. The van der Waals surface area contributed by atoms with Crippen molar-refractivity contribution in [3.05, 3.63) is 53.7 Å². The summed E-state index contributed by atoms with van der Waals surface area (Å²) in [6.45, 7) is 2.81. The monoisotopic (exact) mass is 313 g/mol. The molecule has 3 heterocycles. The first-order valence-corrected chi connectivity index (χ1v) is 7.77. The van der Waals surface area contributed by atoms with E-state index in [2.05, 4.69) is 26.0 Å². The fraction of sp³-hybridized carbons (Fsp3) is 0.312. The van der Waals surface area contributed by atoms with Gasteiger partial charge in [0.25, 0.3) is 0 Å². The van der Waals surface area contributed by atoms with Gasteiger partial charge in [0, 0.05) is 41.8 Å². The van der Waals surface area contributed by atoms with Gasteiger partial charge in [-0.2, -0.15) is 5.10 Å². The molecule has 1 aromatic carbocycles. The summed E-state index contributed by atoms with van der Waals surface area (Å²) in [5, 5.41) is 6.17. The van der Waals surface area contributed by atoms with Gasteiger partial charge >= 0.3 is 0 Å². The lowest BCUT2D eigenvalue weighted by atomic mass is 10.1. The van der Waals surface area contributed by atoms with Crippen LogP contribution in [0.2, 0.25) is 5.02 Å². The lowest BCUT2D eigenvalue weighted by Crippen LogP contribution is -2.21. The molecule has 0 aliphatic carbocycles. The molecule has 2 aromatic heterocycles. The highest BCUT2D eigenvalue weighted by atomic mass is 35.5. The topological polar surface area (TPSA) is 46.8 Å². The highest BCUT2D eigenvalue weighted by Gasteiger charge is 2.25. The molecule has 1 aliphatic rings. The van der Waals surface area contributed by atoms with Crippen LogP contribution in [0.3, 0.4) is 0 Å². The molecule has 1 aliphatic heterocycles. The molecule has 1 atom stereocenters. The zero-order chi connectivity index (χ0) is 14.9. The summed E-state index contributed by atoms with van der Waals surface area (Å²) in [6.07, 6.45) is 6.29. The molecule has 1 saturated heterocycles. The van der Waals surface area contributed by atoms with E-state index in [1.165, 1.54) is 0 Å². The molecule has 1 fully saturated rings. The Labute approximate surface area is 133 Å². The Morgan fingerprint density at radius 1 is 1.27 bits per heavy atom. The van der Waals surface area contributed by atoms with Crippen LogP contribution in [0.5, 0.6) is 0 Å². The van der Waals surface area contributed by atoms with Crippen molar-refractivity contribution in [2.45, 2.75) is 19.0 Å². The van der Waals surface area contributed by atoms with Crippen LogP contribution in [-0.2, 0) is 6.54 Å². The maximum atomic E-state index is 6.42. The Hall–Kier alpha value is -1.98. The van der Waals surface area contributed by atoms with Crippen molar-refractivity contribution in [1.82, 2.24) is 24.6 Å². The van der Waals surface area contributed by atoms with Crippen molar-refractivity contribution in [1.29, 1.82) is 0 Å². The summed E-state index contributed by atoms with van der Waals surface area (Å²) in [4.78, 5) is 11.0. The lowest BCUT2D eigenvalue weighted by Gasteiger charge is -2.18. The maximum Gasteiger partial charge on any atom is 0.137 e. The van der Waals surface area contributed by atoms with Crippen molar-refractivity contribution in [2.24, 2.45) is 0 Å². The molecule has 0 N–H and O–H groups in total. The highest BCUT2D eigenvalue weighted by Crippen LogP contribution is 2.28. The average Bonchev–Trinajstić information content (AvgIpc) is 3.21. The third-order valence-corrected chi connectivity index (χ3v) is 4.62. The third kappa shape index (κ3) is 2.46. The Kier molecular flexibility index (Phi) is 3.52. The van der Waals surface area contributed by atoms with E-state index in [-0.39, 0.29) is 0 Å². The molecule has 0 spiro atoms. The van der Waals surface area contributed by atoms with Gasteiger partial charge in [0.2, 0.25) is 0 Å². The van der Waals surface area contributed by atoms with Crippen LogP contribution in [0.1, 0.15) is 18.0 Å². The van der Waals surface area contributed by atoms with Gasteiger partial charge in [-0.1, -0.05) is 23.7 Å². The standard InChI is InChI=1S/C16H16ClN5/c17-15-4-3-12-2-1-6-19-16(12)14(15)9-21-7-5-13(8-21)22-11-18-10-20-22/h1-4,6,10-11,13H,5,7-9H2. The number of nitrogens with zero attached hydrogens (tertiary/aromatic N) is 5. The summed E-state index contributed by atoms with van der Waals surface area (Å²) in [6, 6.07) is 8.41. The van der Waals surface area contributed by atoms with E-state index >= 15 is 0 Å². The fourth-order valence-corrected chi connectivity index (χ4v) is 3.34. The summed E-state index contributed by atoms with van der Waals surface area (Å²) in [5.41, 5.74) is 2.11. The maximum absolute atomic E-state index is 6.42. The van der Waals surface area contributed by atoms with E-state index in [9.17, 15) is 0 Å². The molecule has 112 valence electrons.